The van der Waals surface area contributed by atoms with Crippen molar-refractivity contribution < 1.29 is 19.2 Å². The number of nitrogens with zero attached hydrogens (tertiary/aromatic N) is 2. The van der Waals surface area contributed by atoms with Gasteiger partial charge in [-0.1, -0.05) is 47.6 Å². The molecule has 0 atom stereocenters. The van der Waals surface area contributed by atoms with Crippen molar-refractivity contribution in [3.8, 4) is 5.75 Å². The van der Waals surface area contributed by atoms with Gasteiger partial charge in [-0.3, -0.25) is 4.79 Å². The van der Waals surface area contributed by atoms with E-state index in [2.05, 4.69) is 16.6 Å². The molecule has 6 rings (SSSR count). The Hall–Kier alpha value is -4.71. The average Bonchev–Trinajstić information content (AvgIpc) is 3.49. The van der Waals surface area contributed by atoms with Gasteiger partial charge in [0.25, 0.3) is 0 Å². The Labute approximate surface area is 213 Å². The van der Waals surface area contributed by atoms with Gasteiger partial charge in [-0.25, -0.2) is 4.79 Å². The van der Waals surface area contributed by atoms with Crippen molar-refractivity contribution in [2.24, 2.45) is 5.16 Å². The molecule has 0 saturated heterocycles. The van der Waals surface area contributed by atoms with Crippen molar-refractivity contribution in [1.82, 2.24) is 4.57 Å². The Kier molecular flexibility index (Phi) is 5.57. The zero-order valence-electron chi connectivity index (χ0n) is 20.5. The molecule has 0 N–H and O–H groups in total. The summed E-state index contributed by atoms with van der Waals surface area (Å²) in [6.45, 7) is 4.99. The van der Waals surface area contributed by atoms with Crippen LogP contribution in [-0.2, 0) is 11.4 Å². The first kappa shape index (κ1) is 22.7. The van der Waals surface area contributed by atoms with E-state index in [1.807, 2.05) is 67.6 Å². The standard InChI is InChI=1S/C31H24N2O4/c1-3-33-26-15-13-21(29(34)22-12-8-7-9-19(22)2)17-24(26)28-27(33)16-14-23-25(18-36-30(23)28)32-37-31(35)20-10-5-4-6-11-20/h4-17H,3,18H2,1-2H3/b32-25+. The highest BCUT2D eigenvalue weighted by Crippen LogP contribution is 2.41. The monoisotopic (exact) mass is 488 g/mol. The number of ether oxygens (including phenoxy) is 1. The van der Waals surface area contributed by atoms with E-state index in [0.29, 0.717) is 28.2 Å². The number of benzene rings is 4. The van der Waals surface area contributed by atoms with E-state index in [9.17, 15) is 9.59 Å². The third kappa shape index (κ3) is 3.78. The molecule has 1 aliphatic heterocycles. The first-order valence-electron chi connectivity index (χ1n) is 12.2. The molecule has 4 aromatic carbocycles. The fraction of sp³-hybridized carbons (Fsp3) is 0.129. The van der Waals surface area contributed by atoms with Gasteiger partial charge in [0, 0.05) is 34.1 Å². The van der Waals surface area contributed by atoms with Crippen LogP contribution in [0.15, 0.2) is 90.1 Å². The van der Waals surface area contributed by atoms with Gasteiger partial charge >= 0.3 is 5.97 Å². The Morgan fingerprint density at radius 3 is 2.46 bits per heavy atom. The van der Waals surface area contributed by atoms with Gasteiger partial charge in [0.2, 0.25) is 0 Å². The molecule has 2 heterocycles. The number of aromatic nitrogens is 1. The Morgan fingerprint density at radius 2 is 1.68 bits per heavy atom. The van der Waals surface area contributed by atoms with Crippen LogP contribution in [0.2, 0.25) is 0 Å². The zero-order valence-corrected chi connectivity index (χ0v) is 20.5. The molecule has 0 aliphatic carbocycles. The van der Waals surface area contributed by atoms with E-state index in [-0.39, 0.29) is 12.4 Å². The maximum atomic E-state index is 13.4. The summed E-state index contributed by atoms with van der Waals surface area (Å²) in [5.74, 6) is 0.148. The second-order valence-electron chi connectivity index (χ2n) is 9.03. The van der Waals surface area contributed by atoms with Crippen LogP contribution in [0.5, 0.6) is 5.75 Å². The molecule has 1 aliphatic rings. The lowest BCUT2D eigenvalue weighted by Crippen LogP contribution is -2.07. The van der Waals surface area contributed by atoms with E-state index in [1.54, 1.807) is 24.3 Å². The Balaban J connectivity index is 1.45. The van der Waals surface area contributed by atoms with E-state index < -0.39 is 5.97 Å². The summed E-state index contributed by atoms with van der Waals surface area (Å²) in [6.07, 6.45) is 0. The Morgan fingerprint density at radius 1 is 0.919 bits per heavy atom. The molecule has 0 radical (unpaired) electrons. The predicted octanol–water partition coefficient (Wildman–Crippen LogP) is 6.31. The molecule has 0 amide bonds. The van der Waals surface area contributed by atoms with Crippen LogP contribution < -0.4 is 4.74 Å². The van der Waals surface area contributed by atoms with E-state index >= 15 is 0 Å². The number of hydrogen-bond acceptors (Lipinski definition) is 5. The van der Waals surface area contributed by atoms with Crippen LogP contribution in [0.4, 0.5) is 0 Å². The summed E-state index contributed by atoms with van der Waals surface area (Å²) in [5.41, 5.74) is 6.05. The average molecular weight is 489 g/mol. The zero-order chi connectivity index (χ0) is 25.5. The highest BCUT2D eigenvalue weighted by molar-refractivity contribution is 6.20. The summed E-state index contributed by atoms with van der Waals surface area (Å²) < 4.78 is 8.32. The molecule has 182 valence electrons. The molecular weight excluding hydrogens is 464 g/mol. The van der Waals surface area contributed by atoms with Crippen LogP contribution in [0.1, 0.15) is 44.3 Å². The van der Waals surface area contributed by atoms with Crippen molar-refractivity contribution in [2.45, 2.75) is 20.4 Å². The van der Waals surface area contributed by atoms with Gasteiger partial charge in [-0.2, -0.15) is 0 Å². The van der Waals surface area contributed by atoms with Crippen LogP contribution in [-0.4, -0.2) is 28.6 Å². The summed E-state index contributed by atoms with van der Waals surface area (Å²) in [4.78, 5) is 31.0. The Bertz CT molecular complexity index is 1730. The summed E-state index contributed by atoms with van der Waals surface area (Å²) in [7, 11) is 0. The van der Waals surface area contributed by atoms with Crippen LogP contribution in [0, 0.1) is 6.92 Å². The van der Waals surface area contributed by atoms with Gasteiger partial charge in [0.1, 0.15) is 18.1 Å². The highest BCUT2D eigenvalue weighted by atomic mass is 16.7. The van der Waals surface area contributed by atoms with Crippen LogP contribution in [0.25, 0.3) is 21.8 Å². The minimum absolute atomic E-state index is 0.0130. The van der Waals surface area contributed by atoms with E-state index in [4.69, 9.17) is 9.57 Å². The fourth-order valence-electron chi connectivity index (χ4n) is 5.02. The van der Waals surface area contributed by atoms with Gasteiger partial charge < -0.3 is 14.1 Å². The van der Waals surface area contributed by atoms with Crippen molar-refractivity contribution in [3.05, 3.63) is 113 Å². The van der Waals surface area contributed by atoms with Gasteiger partial charge in [-0.05, 0) is 61.9 Å². The third-order valence-electron chi connectivity index (χ3n) is 6.86. The number of rotatable bonds is 5. The fourth-order valence-corrected chi connectivity index (χ4v) is 5.02. The molecule has 6 nitrogen and oxygen atoms in total. The second kappa shape index (κ2) is 9.06. The van der Waals surface area contributed by atoms with E-state index in [0.717, 1.165) is 39.5 Å². The summed E-state index contributed by atoms with van der Waals surface area (Å²) in [6, 6.07) is 26.2. The minimum atomic E-state index is -0.524. The molecule has 0 unspecified atom stereocenters. The van der Waals surface area contributed by atoms with Crippen molar-refractivity contribution in [2.75, 3.05) is 6.61 Å². The number of ketones is 1. The second-order valence-corrected chi connectivity index (χ2v) is 9.03. The maximum absolute atomic E-state index is 13.4. The third-order valence-corrected chi connectivity index (χ3v) is 6.86. The number of carbonyl (C=O) groups excluding carboxylic acids is 2. The molecule has 0 fully saturated rings. The largest absolute Gasteiger partial charge is 0.486 e. The molecule has 0 bridgehead atoms. The SMILES string of the molecule is CCn1c2ccc(C(=O)c3ccccc3C)cc2c2c3c(ccc21)/C(=N/OC(=O)c1ccccc1)CO3. The summed E-state index contributed by atoms with van der Waals surface area (Å²) >= 11 is 0. The molecular formula is C31H24N2O4. The first-order chi connectivity index (χ1) is 18.1. The molecule has 5 aromatic rings. The lowest BCUT2D eigenvalue weighted by molar-refractivity contribution is 0.0515. The highest BCUT2D eigenvalue weighted by Gasteiger charge is 2.27. The van der Waals surface area contributed by atoms with Crippen LogP contribution in [0.3, 0.4) is 0 Å². The predicted molar refractivity (Wildman–Crippen MR) is 144 cm³/mol. The quantitative estimate of drug-likeness (QED) is 0.165. The number of fused-ring (bicyclic) bond motifs is 5. The smallest absolute Gasteiger partial charge is 0.365 e. The first-order valence-corrected chi connectivity index (χ1v) is 12.2. The van der Waals surface area contributed by atoms with Gasteiger partial charge in [-0.15, -0.1) is 0 Å². The van der Waals surface area contributed by atoms with Gasteiger partial charge in [0.05, 0.1) is 16.5 Å². The van der Waals surface area contributed by atoms with Crippen LogP contribution >= 0.6 is 0 Å². The van der Waals surface area contributed by atoms with Crippen molar-refractivity contribution in [1.29, 1.82) is 0 Å². The minimum Gasteiger partial charge on any atom is -0.486 e. The van der Waals surface area contributed by atoms with E-state index in [1.165, 1.54) is 0 Å². The number of oxime groups is 1. The maximum Gasteiger partial charge on any atom is 0.365 e. The molecule has 37 heavy (non-hydrogen) atoms. The number of aryl methyl sites for hydroxylation is 2. The molecule has 1 aromatic heterocycles. The normalized spacial score (nSPS) is 13.6. The van der Waals surface area contributed by atoms with Gasteiger partial charge in [0.15, 0.2) is 5.78 Å². The summed E-state index contributed by atoms with van der Waals surface area (Å²) in [5, 5.41) is 6.00. The topological polar surface area (TPSA) is 69.9 Å². The number of hydrogen-bond donors (Lipinski definition) is 0. The van der Waals surface area contributed by atoms with Crippen molar-refractivity contribution >= 4 is 39.3 Å². The van der Waals surface area contributed by atoms with Crippen molar-refractivity contribution in [3.63, 3.8) is 0 Å². The number of carbonyl (C=O) groups is 2. The molecule has 0 spiro atoms. The molecule has 6 heteroatoms. The molecule has 0 saturated carbocycles. The lowest BCUT2D eigenvalue weighted by atomic mass is 9.97. The lowest BCUT2D eigenvalue weighted by Gasteiger charge is -2.06.